The van der Waals surface area contributed by atoms with Crippen LogP contribution >= 0.6 is 0 Å². The normalized spacial score (nSPS) is 24.0. The summed E-state index contributed by atoms with van der Waals surface area (Å²) < 4.78 is 6.16. The minimum Gasteiger partial charge on any atom is -0.375 e. The van der Waals surface area contributed by atoms with Gasteiger partial charge in [0.1, 0.15) is 18.0 Å². The number of anilines is 3. The predicted octanol–water partition coefficient (Wildman–Crippen LogP) is 4.07. The van der Waals surface area contributed by atoms with Crippen molar-refractivity contribution in [1.29, 1.82) is 0 Å². The third-order valence-corrected chi connectivity index (χ3v) is 6.18. The first-order chi connectivity index (χ1) is 12.8. The highest BCUT2D eigenvalue weighted by Crippen LogP contribution is 2.40. The lowest BCUT2D eigenvalue weighted by atomic mass is 9.89. The first-order valence-corrected chi connectivity index (χ1v) is 9.89. The van der Waals surface area contributed by atoms with Crippen LogP contribution in [-0.4, -0.2) is 34.8 Å². The Kier molecular flexibility index (Phi) is 4.04. The maximum atomic E-state index is 6.16. The first-order valence-electron chi connectivity index (χ1n) is 9.89. The summed E-state index contributed by atoms with van der Waals surface area (Å²) in [5, 5.41) is 3.66. The van der Waals surface area contributed by atoms with Gasteiger partial charge in [0.25, 0.3) is 0 Å². The van der Waals surface area contributed by atoms with Crippen molar-refractivity contribution < 1.29 is 4.74 Å². The fourth-order valence-corrected chi connectivity index (χ4v) is 4.88. The zero-order valence-electron chi connectivity index (χ0n) is 15.2. The minimum atomic E-state index is 0.125. The third-order valence-electron chi connectivity index (χ3n) is 6.18. The number of rotatable bonds is 3. The van der Waals surface area contributed by atoms with Crippen molar-refractivity contribution in [3.8, 4) is 0 Å². The molecule has 5 rings (SSSR count). The van der Waals surface area contributed by atoms with E-state index in [-0.39, 0.29) is 5.60 Å². The molecule has 1 aromatic heterocycles. The Bertz CT molecular complexity index is 787. The highest BCUT2D eigenvalue weighted by molar-refractivity contribution is 5.68. The van der Waals surface area contributed by atoms with E-state index >= 15 is 0 Å². The van der Waals surface area contributed by atoms with Gasteiger partial charge in [-0.25, -0.2) is 9.97 Å². The number of benzene rings is 1. The molecule has 26 heavy (non-hydrogen) atoms. The van der Waals surface area contributed by atoms with Crippen LogP contribution in [0.4, 0.5) is 17.3 Å². The molecule has 3 aliphatic rings. The molecule has 0 amide bonds. The van der Waals surface area contributed by atoms with Gasteiger partial charge < -0.3 is 15.0 Å². The largest absolute Gasteiger partial charge is 0.375 e. The lowest BCUT2D eigenvalue weighted by Crippen LogP contribution is -2.42. The van der Waals surface area contributed by atoms with Crippen molar-refractivity contribution in [2.75, 3.05) is 23.4 Å². The van der Waals surface area contributed by atoms with E-state index in [4.69, 9.17) is 4.74 Å². The van der Waals surface area contributed by atoms with Crippen molar-refractivity contribution in [3.05, 3.63) is 42.2 Å². The van der Waals surface area contributed by atoms with Gasteiger partial charge in [-0.2, -0.15) is 0 Å². The van der Waals surface area contributed by atoms with Gasteiger partial charge in [-0.05, 0) is 43.7 Å². The summed E-state index contributed by atoms with van der Waals surface area (Å²) in [7, 11) is 0. The van der Waals surface area contributed by atoms with Crippen LogP contribution in [0.15, 0.2) is 36.7 Å². The number of hydrogen-bond donors (Lipinski definition) is 1. The molecule has 0 bridgehead atoms. The van der Waals surface area contributed by atoms with Crippen LogP contribution in [0, 0.1) is 0 Å². The van der Waals surface area contributed by atoms with Crippen molar-refractivity contribution >= 4 is 17.3 Å². The standard InChI is InChI=1S/C21H26N4O/c1-2-6-18-16(5-1)7-11-25(18)20-13-19(22-15-23-20)24-17-8-12-26-21(14-17)9-3-4-10-21/h1-2,5-6,13,15,17H,3-4,7-12,14H2,(H,22,23,24)/t17-/m0/s1. The maximum absolute atomic E-state index is 6.16. The fourth-order valence-electron chi connectivity index (χ4n) is 4.88. The Labute approximate surface area is 154 Å². The lowest BCUT2D eigenvalue weighted by molar-refractivity contribution is -0.0767. The van der Waals surface area contributed by atoms with Crippen LogP contribution in [0.1, 0.15) is 44.1 Å². The molecule has 1 spiro atoms. The Morgan fingerprint density at radius 2 is 2.04 bits per heavy atom. The molecule has 1 saturated carbocycles. The molecule has 2 fully saturated rings. The Morgan fingerprint density at radius 1 is 1.15 bits per heavy atom. The molecule has 5 heteroatoms. The van der Waals surface area contributed by atoms with Gasteiger partial charge in [-0.1, -0.05) is 31.0 Å². The lowest BCUT2D eigenvalue weighted by Gasteiger charge is -2.38. The Morgan fingerprint density at radius 3 is 2.96 bits per heavy atom. The fraction of sp³-hybridized carbons (Fsp3) is 0.524. The molecule has 2 aliphatic heterocycles. The van der Waals surface area contributed by atoms with E-state index in [0.717, 1.165) is 44.0 Å². The number of ether oxygens (including phenoxy) is 1. The number of nitrogens with one attached hydrogen (secondary N) is 1. The van der Waals surface area contributed by atoms with E-state index in [0.29, 0.717) is 6.04 Å². The second-order valence-corrected chi connectivity index (χ2v) is 7.86. The van der Waals surface area contributed by atoms with E-state index in [2.05, 4.69) is 50.5 Å². The number of fused-ring (bicyclic) bond motifs is 1. The van der Waals surface area contributed by atoms with Crippen LogP contribution in [0.3, 0.4) is 0 Å². The average Bonchev–Trinajstić information content (AvgIpc) is 3.29. The summed E-state index contributed by atoms with van der Waals surface area (Å²) in [4.78, 5) is 11.3. The molecule has 1 atom stereocenters. The minimum absolute atomic E-state index is 0.125. The molecule has 1 aromatic carbocycles. The molecule has 1 aliphatic carbocycles. The zero-order chi connectivity index (χ0) is 17.4. The van der Waals surface area contributed by atoms with E-state index in [1.54, 1.807) is 6.33 Å². The van der Waals surface area contributed by atoms with Crippen molar-refractivity contribution in [2.45, 2.75) is 56.6 Å². The van der Waals surface area contributed by atoms with Gasteiger partial charge in [-0.15, -0.1) is 0 Å². The van der Waals surface area contributed by atoms with Crippen molar-refractivity contribution in [2.24, 2.45) is 0 Å². The number of aromatic nitrogens is 2. The molecule has 2 aromatic rings. The van der Waals surface area contributed by atoms with Gasteiger partial charge >= 0.3 is 0 Å². The van der Waals surface area contributed by atoms with E-state index in [1.165, 1.54) is 36.9 Å². The quantitative estimate of drug-likeness (QED) is 0.904. The Balaban J connectivity index is 1.33. The van der Waals surface area contributed by atoms with Crippen LogP contribution < -0.4 is 10.2 Å². The van der Waals surface area contributed by atoms with E-state index < -0.39 is 0 Å². The summed E-state index contributed by atoms with van der Waals surface area (Å²) in [6.45, 7) is 1.84. The van der Waals surface area contributed by atoms with Gasteiger partial charge in [0.2, 0.25) is 0 Å². The summed E-state index contributed by atoms with van der Waals surface area (Å²) in [5.74, 6) is 1.91. The average molecular weight is 350 g/mol. The maximum Gasteiger partial charge on any atom is 0.138 e. The molecule has 0 unspecified atom stereocenters. The first kappa shape index (κ1) is 16.1. The highest BCUT2D eigenvalue weighted by atomic mass is 16.5. The third kappa shape index (κ3) is 2.94. The SMILES string of the molecule is c1ccc2c(c1)CCN2c1cc(N[C@H]2CCOC3(CCCC3)C2)ncn1. The molecule has 1 N–H and O–H groups in total. The topological polar surface area (TPSA) is 50.3 Å². The van der Waals surface area contributed by atoms with E-state index in [1.807, 2.05) is 0 Å². The molecule has 1 saturated heterocycles. The zero-order valence-corrected chi connectivity index (χ0v) is 15.2. The van der Waals surface area contributed by atoms with Crippen molar-refractivity contribution in [3.63, 3.8) is 0 Å². The highest BCUT2D eigenvalue weighted by Gasteiger charge is 2.40. The summed E-state index contributed by atoms with van der Waals surface area (Å²) in [6, 6.07) is 11.1. The van der Waals surface area contributed by atoms with Crippen LogP contribution in [0.25, 0.3) is 0 Å². The molecular weight excluding hydrogens is 324 g/mol. The number of hydrogen-bond acceptors (Lipinski definition) is 5. The van der Waals surface area contributed by atoms with Crippen LogP contribution in [0.5, 0.6) is 0 Å². The smallest absolute Gasteiger partial charge is 0.138 e. The molecule has 136 valence electrons. The van der Waals surface area contributed by atoms with Crippen LogP contribution in [0.2, 0.25) is 0 Å². The second kappa shape index (κ2) is 6.54. The monoisotopic (exact) mass is 350 g/mol. The molecule has 5 nitrogen and oxygen atoms in total. The van der Waals surface area contributed by atoms with Gasteiger partial charge in [0, 0.05) is 30.9 Å². The summed E-state index contributed by atoms with van der Waals surface area (Å²) in [5.41, 5.74) is 2.79. The number of nitrogens with zero attached hydrogens (tertiary/aromatic N) is 3. The van der Waals surface area contributed by atoms with Crippen molar-refractivity contribution in [1.82, 2.24) is 9.97 Å². The molecule has 3 heterocycles. The second-order valence-electron chi connectivity index (χ2n) is 7.86. The van der Waals surface area contributed by atoms with Gasteiger partial charge in [0.05, 0.1) is 5.60 Å². The summed E-state index contributed by atoms with van der Waals surface area (Å²) >= 11 is 0. The van der Waals surface area contributed by atoms with E-state index in [9.17, 15) is 0 Å². The molecule has 0 radical (unpaired) electrons. The molecular formula is C21H26N4O. The predicted molar refractivity (Wildman–Crippen MR) is 103 cm³/mol. The Hall–Kier alpha value is -2.14. The number of para-hydroxylation sites is 1. The van der Waals surface area contributed by atoms with Gasteiger partial charge in [0.15, 0.2) is 0 Å². The van der Waals surface area contributed by atoms with Gasteiger partial charge in [-0.3, -0.25) is 0 Å². The summed E-state index contributed by atoms with van der Waals surface area (Å²) in [6.07, 6.45) is 9.94. The van der Waals surface area contributed by atoms with Crippen LogP contribution in [-0.2, 0) is 11.2 Å².